The first-order chi connectivity index (χ1) is 11.0. The first kappa shape index (κ1) is 17.5. The summed E-state index contributed by atoms with van der Waals surface area (Å²) in [5.74, 6) is -0.170. The normalized spacial score (nSPS) is 19.3. The van der Waals surface area contributed by atoms with Crippen molar-refractivity contribution in [3.8, 4) is 0 Å². The number of anilines is 1. The standard InChI is InChI=1S/C19H28N2O2/c1-5-9-21(10-6-2)19(23)16-12-15(16)18(22)20-17-8-7-13(3)11-14(17)4/h7-8,11,15-16H,5-6,9-10,12H2,1-4H3,(H,20,22). The number of rotatable bonds is 7. The number of carbonyl (C=O) groups is 2. The Morgan fingerprint density at radius 2 is 1.78 bits per heavy atom. The van der Waals surface area contributed by atoms with Gasteiger partial charge >= 0.3 is 0 Å². The van der Waals surface area contributed by atoms with Crippen molar-refractivity contribution in [2.75, 3.05) is 18.4 Å². The molecule has 1 saturated carbocycles. The number of amides is 2. The Morgan fingerprint density at radius 3 is 2.35 bits per heavy atom. The van der Waals surface area contributed by atoms with Crippen molar-refractivity contribution in [2.24, 2.45) is 11.8 Å². The van der Waals surface area contributed by atoms with E-state index in [2.05, 4.69) is 25.2 Å². The van der Waals surface area contributed by atoms with Gasteiger partial charge in [-0.25, -0.2) is 0 Å². The van der Waals surface area contributed by atoms with Crippen LogP contribution in [0.3, 0.4) is 0 Å². The van der Waals surface area contributed by atoms with Crippen molar-refractivity contribution in [3.05, 3.63) is 29.3 Å². The SMILES string of the molecule is CCCN(CCC)C(=O)C1CC1C(=O)Nc1ccc(C)cc1C. The molecular weight excluding hydrogens is 288 g/mol. The number of benzene rings is 1. The Labute approximate surface area is 139 Å². The van der Waals surface area contributed by atoms with Gasteiger partial charge in [0.1, 0.15) is 0 Å². The van der Waals surface area contributed by atoms with Gasteiger partial charge in [0.15, 0.2) is 0 Å². The van der Waals surface area contributed by atoms with Crippen LogP contribution in [0.4, 0.5) is 5.69 Å². The minimum atomic E-state index is -0.167. The maximum atomic E-state index is 12.5. The molecule has 2 atom stereocenters. The molecule has 1 fully saturated rings. The van der Waals surface area contributed by atoms with Gasteiger partial charge in [0.05, 0.1) is 11.8 Å². The molecule has 1 N–H and O–H groups in total. The Kier molecular flexibility index (Phi) is 5.80. The number of nitrogens with one attached hydrogen (secondary N) is 1. The lowest BCUT2D eigenvalue weighted by atomic mass is 10.1. The summed E-state index contributed by atoms with van der Waals surface area (Å²) in [4.78, 5) is 26.8. The topological polar surface area (TPSA) is 49.4 Å². The third kappa shape index (κ3) is 4.34. The molecule has 1 aromatic rings. The molecule has 0 bridgehead atoms. The maximum absolute atomic E-state index is 12.5. The van der Waals surface area contributed by atoms with Crippen LogP contribution in [0.25, 0.3) is 0 Å². The molecule has 1 aliphatic carbocycles. The summed E-state index contributed by atoms with van der Waals surface area (Å²) in [6, 6.07) is 5.97. The number of carbonyl (C=O) groups excluding carboxylic acids is 2. The van der Waals surface area contributed by atoms with Gasteiger partial charge in [0, 0.05) is 18.8 Å². The van der Waals surface area contributed by atoms with E-state index in [0.717, 1.165) is 37.2 Å². The van der Waals surface area contributed by atoms with Crippen LogP contribution >= 0.6 is 0 Å². The second kappa shape index (κ2) is 7.62. The summed E-state index contributed by atoms with van der Waals surface area (Å²) in [5.41, 5.74) is 3.08. The van der Waals surface area contributed by atoms with Crippen LogP contribution in [-0.4, -0.2) is 29.8 Å². The molecule has 2 rings (SSSR count). The van der Waals surface area contributed by atoms with Gasteiger partial charge in [-0.15, -0.1) is 0 Å². The van der Waals surface area contributed by atoms with Gasteiger partial charge in [0.25, 0.3) is 0 Å². The average Bonchev–Trinajstić information content (AvgIpc) is 3.30. The van der Waals surface area contributed by atoms with Gasteiger partial charge in [0.2, 0.25) is 11.8 Å². The lowest BCUT2D eigenvalue weighted by molar-refractivity contribution is -0.134. The van der Waals surface area contributed by atoms with Crippen molar-refractivity contribution in [1.29, 1.82) is 0 Å². The highest BCUT2D eigenvalue weighted by Crippen LogP contribution is 2.41. The molecule has 0 aromatic heterocycles. The molecule has 2 unspecified atom stereocenters. The molecule has 4 heteroatoms. The van der Waals surface area contributed by atoms with Crippen LogP contribution in [0, 0.1) is 25.7 Å². The first-order valence-electron chi connectivity index (χ1n) is 8.64. The Balaban J connectivity index is 1.94. The molecule has 0 heterocycles. The largest absolute Gasteiger partial charge is 0.342 e. The second-order valence-corrected chi connectivity index (χ2v) is 6.58. The predicted octanol–water partition coefficient (Wildman–Crippen LogP) is 3.53. The van der Waals surface area contributed by atoms with Gasteiger partial charge < -0.3 is 10.2 Å². The van der Waals surface area contributed by atoms with Crippen LogP contribution in [0.1, 0.15) is 44.2 Å². The quantitative estimate of drug-likeness (QED) is 0.836. The molecule has 0 saturated heterocycles. The van der Waals surface area contributed by atoms with Crippen LogP contribution in [0.2, 0.25) is 0 Å². The Morgan fingerprint density at radius 1 is 1.13 bits per heavy atom. The summed E-state index contributed by atoms with van der Waals surface area (Å²) in [6.45, 7) is 9.75. The molecule has 2 amide bonds. The second-order valence-electron chi connectivity index (χ2n) is 6.58. The van der Waals surface area contributed by atoms with E-state index in [9.17, 15) is 9.59 Å². The molecule has 126 valence electrons. The third-order valence-electron chi connectivity index (χ3n) is 4.38. The van der Waals surface area contributed by atoms with Crippen LogP contribution in [-0.2, 0) is 9.59 Å². The molecular formula is C19H28N2O2. The molecule has 1 aliphatic rings. The van der Waals surface area contributed by atoms with E-state index in [1.807, 2.05) is 30.9 Å². The summed E-state index contributed by atoms with van der Waals surface area (Å²) < 4.78 is 0. The fraction of sp³-hybridized carbons (Fsp3) is 0.579. The summed E-state index contributed by atoms with van der Waals surface area (Å²) in [7, 11) is 0. The van der Waals surface area contributed by atoms with E-state index in [0.29, 0.717) is 6.42 Å². The zero-order valence-electron chi connectivity index (χ0n) is 14.7. The van der Waals surface area contributed by atoms with E-state index in [1.165, 1.54) is 5.56 Å². The number of aryl methyl sites for hydroxylation is 2. The highest BCUT2D eigenvalue weighted by atomic mass is 16.2. The molecule has 0 radical (unpaired) electrons. The Hall–Kier alpha value is -1.84. The zero-order valence-corrected chi connectivity index (χ0v) is 14.7. The van der Waals surface area contributed by atoms with Crippen molar-refractivity contribution in [2.45, 2.75) is 47.0 Å². The highest BCUT2D eigenvalue weighted by molar-refractivity contribution is 5.99. The van der Waals surface area contributed by atoms with Gasteiger partial charge in [-0.1, -0.05) is 31.5 Å². The smallest absolute Gasteiger partial charge is 0.228 e. The average molecular weight is 316 g/mol. The maximum Gasteiger partial charge on any atom is 0.228 e. The predicted molar refractivity (Wildman–Crippen MR) is 93.3 cm³/mol. The van der Waals surface area contributed by atoms with Gasteiger partial charge in [-0.3, -0.25) is 9.59 Å². The fourth-order valence-corrected chi connectivity index (χ4v) is 3.04. The Bertz CT molecular complexity index is 577. The fourth-order valence-electron chi connectivity index (χ4n) is 3.04. The summed E-state index contributed by atoms with van der Waals surface area (Å²) >= 11 is 0. The monoisotopic (exact) mass is 316 g/mol. The van der Waals surface area contributed by atoms with Crippen molar-refractivity contribution < 1.29 is 9.59 Å². The van der Waals surface area contributed by atoms with E-state index in [1.54, 1.807) is 0 Å². The van der Waals surface area contributed by atoms with E-state index >= 15 is 0 Å². The van der Waals surface area contributed by atoms with Gasteiger partial charge in [-0.2, -0.15) is 0 Å². The first-order valence-corrected chi connectivity index (χ1v) is 8.64. The summed E-state index contributed by atoms with van der Waals surface area (Å²) in [6.07, 6.45) is 2.59. The van der Waals surface area contributed by atoms with Crippen LogP contribution < -0.4 is 5.32 Å². The highest BCUT2D eigenvalue weighted by Gasteiger charge is 2.49. The molecule has 0 aliphatic heterocycles. The minimum Gasteiger partial charge on any atom is -0.342 e. The molecule has 23 heavy (non-hydrogen) atoms. The molecule has 1 aromatic carbocycles. The number of nitrogens with zero attached hydrogens (tertiary/aromatic N) is 1. The summed E-state index contributed by atoms with van der Waals surface area (Å²) in [5, 5.41) is 2.98. The lowest BCUT2D eigenvalue weighted by Crippen LogP contribution is -2.34. The molecule has 0 spiro atoms. The van der Waals surface area contributed by atoms with Gasteiger partial charge in [-0.05, 0) is 44.7 Å². The zero-order chi connectivity index (χ0) is 17.0. The van der Waals surface area contributed by atoms with Crippen molar-refractivity contribution in [1.82, 2.24) is 4.90 Å². The third-order valence-corrected chi connectivity index (χ3v) is 4.38. The van der Waals surface area contributed by atoms with E-state index in [-0.39, 0.29) is 23.7 Å². The van der Waals surface area contributed by atoms with E-state index in [4.69, 9.17) is 0 Å². The van der Waals surface area contributed by atoms with E-state index < -0.39 is 0 Å². The van der Waals surface area contributed by atoms with Crippen LogP contribution in [0.15, 0.2) is 18.2 Å². The van der Waals surface area contributed by atoms with Crippen LogP contribution in [0.5, 0.6) is 0 Å². The molecule has 4 nitrogen and oxygen atoms in total. The van der Waals surface area contributed by atoms with Crippen molar-refractivity contribution >= 4 is 17.5 Å². The van der Waals surface area contributed by atoms with Crippen molar-refractivity contribution in [3.63, 3.8) is 0 Å². The number of hydrogen-bond acceptors (Lipinski definition) is 2. The lowest BCUT2D eigenvalue weighted by Gasteiger charge is -2.21. The number of hydrogen-bond donors (Lipinski definition) is 1. The minimum absolute atomic E-state index is 0.0248.